The second kappa shape index (κ2) is 12.9. The molecule has 0 saturated carbocycles. The van der Waals surface area contributed by atoms with Crippen LogP contribution in [0.1, 0.15) is 0 Å². The molecule has 0 radical (unpaired) electrons. The first-order chi connectivity index (χ1) is 27.2. The third kappa shape index (κ3) is 5.40. The van der Waals surface area contributed by atoms with E-state index in [0.717, 1.165) is 17.1 Å². The molecule has 258 valence electrons. The fourth-order valence-corrected chi connectivity index (χ4v) is 9.42. The minimum absolute atomic E-state index is 1.12. The van der Waals surface area contributed by atoms with Crippen molar-refractivity contribution >= 4 is 81.1 Å². The van der Waals surface area contributed by atoms with Crippen LogP contribution in [0.3, 0.4) is 0 Å². The molecular formula is C52H34N2S. The fourth-order valence-electron chi connectivity index (χ4n) is 8.28. The molecule has 11 rings (SSSR count). The van der Waals surface area contributed by atoms with Crippen LogP contribution in [0.4, 0.5) is 17.1 Å². The maximum atomic E-state index is 2.40. The maximum absolute atomic E-state index is 2.40. The Bertz CT molecular complexity index is 3190. The number of hydrogen-bond donors (Lipinski definition) is 0. The molecule has 3 heteroatoms. The average molecular weight is 719 g/mol. The molecule has 2 aromatic heterocycles. The van der Waals surface area contributed by atoms with Gasteiger partial charge >= 0.3 is 0 Å². The molecule has 0 unspecified atom stereocenters. The monoisotopic (exact) mass is 718 g/mol. The van der Waals surface area contributed by atoms with Crippen LogP contribution < -0.4 is 4.90 Å². The number of nitrogens with zero attached hydrogens (tertiary/aromatic N) is 2. The van der Waals surface area contributed by atoms with E-state index >= 15 is 0 Å². The van der Waals surface area contributed by atoms with E-state index in [1.54, 1.807) is 0 Å². The van der Waals surface area contributed by atoms with Gasteiger partial charge in [0.25, 0.3) is 0 Å². The van der Waals surface area contributed by atoms with Crippen molar-refractivity contribution in [3.05, 3.63) is 206 Å². The summed E-state index contributed by atoms with van der Waals surface area (Å²) in [6, 6.07) is 75.2. The Morgan fingerprint density at radius 2 is 0.909 bits per heavy atom. The zero-order chi connectivity index (χ0) is 36.3. The van der Waals surface area contributed by atoms with E-state index < -0.39 is 0 Å². The van der Waals surface area contributed by atoms with Gasteiger partial charge in [0.05, 0.1) is 11.0 Å². The highest BCUT2D eigenvalue weighted by Gasteiger charge is 2.17. The first kappa shape index (κ1) is 31.6. The molecule has 0 saturated heterocycles. The van der Waals surface area contributed by atoms with E-state index in [9.17, 15) is 0 Å². The lowest BCUT2D eigenvalue weighted by atomic mass is 10.0. The first-order valence-corrected chi connectivity index (χ1v) is 19.6. The molecule has 0 spiro atoms. The minimum atomic E-state index is 1.12. The standard InChI is InChI=1S/C52H34N2S/c1-2-10-35(11-3-1)37-18-24-41(25-19-37)53(44-29-30-47-46-15-7-9-17-51(46)55-52(47)34-44)42-26-20-38(21-27-42)40-23-31-50-48(33-40)45-14-6-8-16-49(45)54(50)43-28-22-36-12-4-5-13-39(36)32-43/h1-34H. The number of anilines is 3. The molecule has 0 aliphatic rings. The third-order valence-electron chi connectivity index (χ3n) is 11.0. The van der Waals surface area contributed by atoms with E-state index in [-0.39, 0.29) is 0 Å². The second-order valence-corrected chi connectivity index (χ2v) is 15.3. The van der Waals surface area contributed by atoms with Crippen LogP contribution in [0.5, 0.6) is 0 Å². The number of hydrogen-bond acceptors (Lipinski definition) is 2. The number of aromatic nitrogens is 1. The lowest BCUT2D eigenvalue weighted by Crippen LogP contribution is -2.09. The lowest BCUT2D eigenvalue weighted by molar-refractivity contribution is 1.19. The molecule has 0 fully saturated rings. The largest absolute Gasteiger partial charge is 0.310 e. The second-order valence-electron chi connectivity index (χ2n) is 14.2. The van der Waals surface area contributed by atoms with Gasteiger partial charge in [-0.3, -0.25) is 0 Å². The van der Waals surface area contributed by atoms with Crippen molar-refractivity contribution in [1.29, 1.82) is 0 Å². The van der Waals surface area contributed by atoms with Crippen LogP contribution in [-0.4, -0.2) is 4.57 Å². The molecule has 0 amide bonds. The predicted molar refractivity (Wildman–Crippen MR) is 237 cm³/mol. The number of para-hydroxylation sites is 1. The van der Waals surface area contributed by atoms with Gasteiger partial charge in [-0.05, 0) is 106 Å². The highest BCUT2D eigenvalue weighted by Crippen LogP contribution is 2.42. The Morgan fingerprint density at radius 3 is 1.71 bits per heavy atom. The van der Waals surface area contributed by atoms with Crippen molar-refractivity contribution in [2.45, 2.75) is 0 Å². The maximum Gasteiger partial charge on any atom is 0.0541 e. The number of thiophene rings is 1. The molecule has 0 atom stereocenters. The van der Waals surface area contributed by atoms with Crippen molar-refractivity contribution in [3.8, 4) is 27.9 Å². The SMILES string of the molecule is c1ccc(-c2ccc(N(c3ccc(-c4ccc5c(c4)c4ccccc4n5-c4ccc5ccccc5c4)cc3)c3ccc4c(c3)sc3ccccc34)cc2)cc1. The highest BCUT2D eigenvalue weighted by molar-refractivity contribution is 7.25. The Kier molecular flexibility index (Phi) is 7.39. The predicted octanol–water partition coefficient (Wildman–Crippen LogP) is 15.1. The molecule has 0 N–H and O–H groups in total. The number of fused-ring (bicyclic) bond motifs is 7. The summed E-state index contributed by atoms with van der Waals surface area (Å²) in [6.07, 6.45) is 0. The quantitative estimate of drug-likeness (QED) is 0.166. The van der Waals surface area contributed by atoms with Crippen LogP contribution in [0, 0.1) is 0 Å². The van der Waals surface area contributed by atoms with Crippen molar-refractivity contribution in [3.63, 3.8) is 0 Å². The van der Waals surface area contributed by atoms with E-state index in [1.165, 1.54) is 80.7 Å². The molecule has 0 bridgehead atoms. The highest BCUT2D eigenvalue weighted by atomic mass is 32.1. The van der Waals surface area contributed by atoms with E-state index in [1.807, 2.05) is 11.3 Å². The zero-order valence-electron chi connectivity index (χ0n) is 29.9. The zero-order valence-corrected chi connectivity index (χ0v) is 30.7. The number of benzene rings is 9. The van der Waals surface area contributed by atoms with Gasteiger partial charge in [-0.1, -0.05) is 133 Å². The normalized spacial score (nSPS) is 11.6. The molecule has 11 aromatic rings. The lowest BCUT2D eigenvalue weighted by Gasteiger charge is -2.26. The molecule has 9 aromatic carbocycles. The summed E-state index contributed by atoms with van der Waals surface area (Å²) >= 11 is 1.86. The van der Waals surface area contributed by atoms with Gasteiger partial charge in [0.15, 0.2) is 0 Å². The van der Waals surface area contributed by atoms with Crippen molar-refractivity contribution in [1.82, 2.24) is 4.57 Å². The Balaban J connectivity index is 1.00. The van der Waals surface area contributed by atoms with Gasteiger partial charge in [-0.25, -0.2) is 0 Å². The topological polar surface area (TPSA) is 8.17 Å². The van der Waals surface area contributed by atoms with Crippen molar-refractivity contribution in [2.75, 3.05) is 4.90 Å². The van der Waals surface area contributed by atoms with Crippen molar-refractivity contribution < 1.29 is 0 Å². The van der Waals surface area contributed by atoms with Gasteiger partial charge in [0.2, 0.25) is 0 Å². The summed E-state index contributed by atoms with van der Waals surface area (Å²) < 4.78 is 5.01. The Hall–Kier alpha value is -6.94. The van der Waals surface area contributed by atoms with E-state index in [4.69, 9.17) is 0 Å². The molecular weight excluding hydrogens is 685 g/mol. The smallest absolute Gasteiger partial charge is 0.0541 e. The van der Waals surface area contributed by atoms with Gasteiger partial charge < -0.3 is 9.47 Å². The summed E-state index contributed by atoms with van der Waals surface area (Å²) in [5.41, 5.74) is 11.8. The molecule has 0 aliphatic carbocycles. The fraction of sp³-hybridized carbons (Fsp3) is 0. The van der Waals surface area contributed by atoms with Gasteiger partial charge in [0, 0.05) is 53.7 Å². The Labute approximate surface area is 323 Å². The summed E-state index contributed by atoms with van der Waals surface area (Å²) in [4.78, 5) is 2.38. The van der Waals surface area contributed by atoms with E-state index in [2.05, 4.69) is 216 Å². The first-order valence-electron chi connectivity index (χ1n) is 18.7. The molecule has 0 aliphatic heterocycles. The van der Waals surface area contributed by atoms with Gasteiger partial charge in [-0.2, -0.15) is 0 Å². The van der Waals surface area contributed by atoms with Crippen molar-refractivity contribution in [2.24, 2.45) is 0 Å². The molecule has 55 heavy (non-hydrogen) atoms. The summed E-state index contributed by atoms with van der Waals surface area (Å²) in [5.74, 6) is 0. The van der Waals surface area contributed by atoms with Crippen LogP contribution in [0.15, 0.2) is 206 Å². The molecule has 2 heterocycles. The van der Waals surface area contributed by atoms with E-state index in [0.29, 0.717) is 0 Å². The van der Waals surface area contributed by atoms with Crippen LogP contribution in [-0.2, 0) is 0 Å². The number of rotatable bonds is 6. The summed E-state index contributed by atoms with van der Waals surface area (Å²) in [7, 11) is 0. The van der Waals surface area contributed by atoms with Crippen LogP contribution >= 0.6 is 11.3 Å². The van der Waals surface area contributed by atoms with Gasteiger partial charge in [-0.15, -0.1) is 11.3 Å². The summed E-state index contributed by atoms with van der Waals surface area (Å²) in [5, 5.41) is 7.62. The third-order valence-corrected chi connectivity index (χ3v) is 12.1. The van der Waals surface area contributed by atoms with Gasteiger partial charge in [0.1, 0.15) is 0 Å². The molecule has 2 nitrogen and oxygen atoms in total. The average Bonchev–Trinajstić information content (AvgIpc) is 3.79. The van der Waals surface area contributed by atoms with Crippen LogP contribution in [0.25, 0.3) is 80.7 Å². The summed E-state index contributed by atoms with van der Waals surface area (Å²) in [6.45, 7) is 0. The minimum Gasteiger partial charge on any atom is -0.310 e. The Morgan fingerprint density at radius 1 is 0.327 bits per heavy atom. The van der Waals surface area contributed by atoms with Crippen LogP contribution in [0.2, 0.25) is 0 Å².